The highest BCUT2D eigenvalue weighted by Gasteiger charge is 2.27. The highest BCUT2D eigenvalue weighted by molar-refractivity contribution is 6.05. The van der Waals surface area contributed by atoms with Crippen LogP contribution in [0.15, 0.2) is 72.8 Å². The monoisotopic (exact) mass is 424 g/mol. The molecule has 0 radical (unpaired) electrons. The second kappa shape index (κ2) is 7.35. The Labute approximate surface area is 183 Å². The van der Waals surface area contributed by atoms with Crippen LogP contribution in [0, 0.1) is 13.8 Å². The van der Waals surface area contributed by atoms with Crippen molar-refractivity contribution in [3.05, 3.63) is 95.6 Å². The Morgan fingerprint density at radius 3 is 1.78 bits per heavy atom. The number of nitrogens with zero attached hydrogens (tertiary/aromatic N) is 5. The first-order valence-corrected chi connectivity index (χ1v) is 10.1. The molecule has 0 atom stereocenters. The van der Waals surface area contributed by atoms with Gasteiger partial charge in [0.1, 0.15) is 11.6 Å². The summed E-state index contributed by atoms with van der Waals surface area (Å²) < 4.78 is 3.52. The minimum Gasteiger partial charge on any atom is -0.366 e. The second-order valence-corrected chi connectivity index (χ2v) is 7.46. The van der Waals surface area contributed by atoms with Crippen LogP contribution >= 0.6 is 0 Å². The van der Waals surface area contributed by atoms with Crippen LogP contribution < -0.4 is 10.9 Å². The van der Waals surface area contributed by atoms with E-state index in [1.807, 2.05) is 62.4 Å². The van der Waals surface area contributed by atoms with Crippen molar-refractivity contribution in [2.24, 2.45) is 5.73 Å². The zero-order valence-electron chi connectivity index (χ0n) is 17.6. The van der Waals surface area contributed by atoms with Crippen molar-refractivity contribution < 1.29 is 9.59 Å². The second-order valence-electron chi connectivity index (χ2n) is 7.46. The molecule has 0 saturated heterocycles. The van der Waals surface area contributed by atoms with E-state index in [0.717, 1.165) is 22.1 Å². The molecular formula is C24H20N6O2. The summed E-state index contributed by atoms with van der Waals surface area (Å²) in [5.41, 5.74) is 9.08. The summed E-state index contributed by atoms with van der Waals surface area (Å²) in [6.45, 7) is 3.68. The van der Waals surface area contributed by atoms with Gasteiger partial charge in [-0.1, -0.05) is 30.3 Å². The average Bonchev–Trinajstić information content (AvgIpc) is 3.30. The van der Waals surface area contributed by atoms with Gasteiger partial charge in [-0.05, 0) is 56.3 Å². The third kappa shape index (κ3) is 3.01. The summed E-state index contributed by atoms with van der Waals surface area (Å²) in [6.07, 6.45) is 0. The molecular weight excluding hydrogens is 404 g/mol. The van der Waals surface area contributed by atoms with E-state index >= 15 is 0 Å². The molecule has 0 bridgehead atoms. The number of hydrogen-bond acceptors (Lipinski definition) is 4. The first kappa shape index (κ1) is 19.5. The van der Waals surface area contributed by atoms with Crippen molar-refractivity contribution in [2.45, 2.75) is 13.8 Å². The number of carbonyl (C=O) groups is 2. The lowest BCUT2D eigenvalue weighted by Crippen LogP contribution is -2.46. The summed E-state index contributed by atoms with van der Waals surface area (Å²) >= 11 is 0. The molecule has 0 saturated carbocycles. The van der Waals surface area contributed by atoms with Crippen molar-refractivity contribution >= 4 is 33.9 Å². The van der Waals surface area contributed by atoms with Gasteiger partial charge in [0.2, 0.25) is 5.91 Å². The molecule has 2 N–H and O–H groups in total. The van der Waals surface area contributed by atoms with E-state index in [4.69, 9.17) is 5.73 Å². The van der Waals surface area contributed by atoms with Crippen LogP contribution in [0.1, 0.15) is 32.4 Å². The zero-order chi connectivity index (χ0) is 22.4. The molecule has 0 unspecified atom stereocenters. The number of rotatable bonds is 4. The van der Waals surface area contributed by atoms with Gasteiger partial charge in [0.05, 0.1) is 22.1 Å². The molecule has 3 aromatic carbocycles. The predicted molar refractivity (Wildman–Crippen MR) is 122 cm³/mol. The number of hydrogen-bond donors (Lipinski definition) is 1. The predicted octanol–water partition coefficient (Wildman–Crippen LogP) is 3.34. The van der Waals surface area contributed by atoms with Crippen LogP contribution in [0.2, 0.25) is 0 Å². The maximum atomic E-state index is 14.0. The zero-order valence-corrected chi connectivity index (χ0v) is 17.6. The lowest BCUT2D eigenvalue weighted by Gasteiger charge is -2.27. The van der Waals surface area contributed by atoms with Crippen LogP contribution in [0.25, 0.3) is 22.1 Å². The number of fused-ring (bicyclic) bond motifs is 2. The fraction of sp³-hybridized carbons (Fsp3) is 0.0833. The molecule has 0 aliphatic heterocycles. The van der Waals surface area contributed by atoms with Gasteiger partial charge in [0.15, 0.2) is 0 Å². The summed E-state index contributed by atoms with van der Waals surface area (Å²) in [5, 5.41) is 1.51. The first-order chi connectivity index (χ1) is 15.5. The average molecular weight is 424 g/mol. The maximum Gasteiger partial charge on any atom is 0.292 e. The van der Waals surface area contributed by atoms with Crippen molar-refractivity contribution in [1.82, 2.24) is 19.3 Å². The Hall–Kier alpha value is -4.46. The molecule has 8 nitrogen and oxygen atoms in total. The van der Waals surface area contributed by atoms with Gasteiger partial charge in [-0.25, -0.2) is 19.3 Å². The lowest BCUT2D eigenvalue weighted by molar-refractivity contribution is 0.0944. The van der Waals surface area contributed by atoms with Gasteiger partial charge >= 0.3 is 0 Å². The molecule has 5 rings (SSSR count). The number of para-hydroxylation sites is 4. The van der Waals surface area contributed by atoms with Gasteiger partial charge in [0.25, 0.3) is 5.91 Å². The van der Waals surface area contributed by atoms with E-state index in [1.54, 1.807) is 27.6 Å². The van der Waals surface area contributed by atoms with Crippen LogP contribution in [0.3, 0.4) is 0 Å². The standard InChI is InChI=1S/C24H20N6O2/c1-15-26-19-10-3-5-12-21(19)28(15)30(24(32)18-9-7-8-17(14-18)23(25)31)29-16(2)27-20-11-4-6-13-22(20)29/h3-14H,1-2H3,(H2,25,31). The molecule has 158 valence electrons. The van der Waals surface area contributed by atoms with E-state index in [1.165, 1.54) is 11.2 Å². The number of carbonyl (C=O) groups excluding carboxylic acids is 2. The molecule has 0 fully saturated rings. The molecule has 2 amide bonds. The molecule has 2 heterocycles. The number of imidazole rings is 2. The Kier molecular flexibility index (Phi) is 4.48. The van der Waals surface area contributed by atoms with Crippen LogP contribution in [0.4, 0.5) is 0 Å². The summed E-state index contributed by atoms with van der Waals surface area (Å²) in [6, 6.07) is 21.6. The topological polar surface area (TPSA) is 99.0 Å². The van der Waals surface area contributed by atoms with Crippen molar-refractivity contribution in [3.8, 4) is 0 Å². The van der Waals surface area contributed by atoms with Gasteiger partial charge in [-0.3, -0.25) is 9.59 Å². The van der Waals surface area contributed by atoms with Gasteiger partial charge in [-0.2, -0.15) is 0 Å². The van der Waals surface area contributed by atoms with Gasteiger partial charge in [0, 0.05) is 11.1 Å². The normalized spacial score (nSPS) is 11.2. The van der Waals surface area contributed by atoms with Crippen molar-refractivity contribution in [1.29, 1.82) is 0 Å². The van der Waals surface area contributed by atoms with E-state index in [0.29, 0.717) is 17.2 Å². The fourth-order valence-electron chi connectivity index (χ4n) is 3.94. The highest BCUT2D eigenvalue weighted by atomic mass is 16.2. The van der Waals surface area contributed by atoms with Gasteiger partial charge in [-0.15, -0.1) is 5.12 Å². The van der Waals surface area contributed by atoms with Crippen LogP contribution in [-0.2, 0) is 0 Å². The van der Waals surface area contributed by atoms with E-state index in [2.05, 4.69) is 9.97 Å². The molecule has 2 aromatic heterocycles. The minimum atomic E-state index is -0.597. The summed E-state index contributed by atoms with van der Waals surface area (Å²) in [4.78, 5) is 35.0. The van der Waals surface area contributed by atoms with E-state index in [-0.39, 0.29) is 11.5 Å². The Morgan fingerprint density at radius 1 is 0.750 bits per heavy atom. The number of nitrogens with two attached hydrogens (primary N) is 1. The van der Waals surface area contributed by atoms with Crippen LogP contribution in [0.5, 0.6) is 0 Å². The third-order valence-electron chi connectivity index (χ3n) is 5.35. The van der Waals surface area contributed by atoms with Crippen LogP contribution in [-0.4, -0.2) is 31.1 Å². The van der Waals surface area contributed by atoms with Crippen molar-refractivity contribution in [2.75, 3.05) is 5.12 Å². The third-order valence-corrected chi connectivity index (χ3v) is 5.35. The Morgan fingerprint density at radius 2 is 1.25 bits per heavy atom. The number of primary amides is 1. The fourth-order valence-corrected chi connectivity index (χ4v) is 3.94. The van der Waals surface area contributed by atoms with E-state index in [9.17, 15) is 9.59 Å². The number of amides is 2. The number of aromatic nitrogens is 4. The molecule has 0 spiro atoms. The lowest BCUT2D eigenvalue weighted by atomic mass is 10.1. The highest BCUT2D eigenvalue weighted by Crippen LogP contribution is 2.23. The molecule has 32 heavy (non-hydrogen) atoms. The SMILES string of the molecule is Cc1nc2ccccc2n1N(C(=O)c1cccc(C(N)=O)c1)n1c(C)nc2ccccc21. The molecule has 0 aliphatic carbocycles. The first-order valence-electron chi connectivity index (χ1n) is 10.1. The molecule has 8 heteroatoms. The number of aryl methyl sites for hydroxylation is 2. The largest absolute Gasteiger partial charge is 0.366 e. The summed E-state index contributed by atoms with van der Waals surface area (Å²) in [5.74, 6) is 0.302. The molecule has 5 aromatic rings. The Balaban J connectivity index is 1.81. The molecule has 0 aliphatic rings. The minimum absolute atomic E-state index is 0.259. The van der Waals surface area contributed by atoms with Crippen molar-refractivity contribution in [3.63, 3.8) is 0 Å². The Bertz CT molecular complexity index is 1430. The summed E-state index contributed by atoms with van der Waals surface area (Å²) in [7, 11) is 0. The maximum absolute atomic E-state index is 14.0. The number of benzene rings is 3. The van der Waals surface area contributed by atoms with E-state index < -0.39 is 5.91 Å². The smallest absolute Gasteiger partial charge is 0.292 e. The quantitative estimate of drug-likeness (QED) is 0.478. The van der Waals surface area contributed by atoms with Gasteiger partial charge < -0.3 is 5.73 Å².